The molecular formula is C16H19NOS2. The molecule has 2 aromatic rings. The Morgan fingerprint density at radius 3 is 2.40 bits per heavy atom. The monoisotopic (exact) mass is 305 g/mol. The molecule has 1 heterocycles. The Labute approximate surface area is 128 Å². The first-order valence-electron chi connectivity index (χ1n) is 6.55. The summed E-state index contributed by atoms with van der Waals surface area (Å²) in [7, 11) is 0. The largest absolute Gasteiger partial charge is 0.293 e. The van der Waals surface area contributed by atoms with Crippen LogP contribution in [0, 0.1) is 6.92 Å². The molecule has 0 amide bonds. The molecule has 0 aliphatic heterocycles. The Kier molecular flexibility index (Phi) is 4.66. The van der Waals surface area contributed by atoms with Crippen LogP contribution in [0.4, 0.5) is 0 Å². The number of benzene rings is 1. The highest BCUT2D eigenvalue weighted by Gasteiger charge is 2.14. The minimum atomic E-state index is 0.120. The molecule has 0 spiro atoms. The summed E-state index contributed by atoms with van der Waals surface area (Å²) in [6.45, 7) is 8.48. The second-order valence-corrected chi connectivity index (χ2v) is 7.87. The summed E-state index contributed by atoms with van der Waals surface area (Å²) in [5.41, 5.74) is 3.16. The lowest BCUT2D eigenvalue weighted by Gasteiger charge is -2.18. The third kappa shape index (κ3) is 3.93. The minimum Gasteiger partial charge on any atom is -0.293 e. The van der Waals surface area contributed by atoms with Crippen molar-refractivity contribution in [1.82, 2.24) is 4.98 Å². The molecule has 0 saturated heterocycles. The molecular weight excluding hydrogens is 286 g/mol. The molecule has 0 aliphatic rings. The van der Waals surface area contributed by atoms with Crippen molar-refractivity contribution in [3.8, 4) is 0 Å². The number of hydrogen-bond donors (Lipinski definition) is 0. The van der Waals surface area contributed by atoms with E-state index in [9.17, 15) is 4.79 Å². The van der Waals surface area contributed by atoms with Gasteiger partial charge in [-0.15, -0.1) is 11.3 Å². The van der Waals surface area contributed by atoms with Crippen molar-refractivity contribution in [1.29, 1.82) is 0 Å². The van der Waals surface area contributed by atoms with E-state index in [0.717, 1.165) is 15.6 Å². The van der Waals surface area contributed by atoms with Crippen molar-refractivity contribution >= 4 is 28.9 Å². The van der Waals surface area contributed by atoms with Crippen LogP contribution in [-0.2, 0) is 5.41 Å². The van der Waals surface area contributed by atoms with Gasteiger partial charge in [0.25, 0.3) is 0 Å². The smallest absolute Gasteiger partial charge is 0.173 e. The standard InChI is InChI=1S/C16H19NOS2/c1-11-9-19-15(17-11)20-10-14(18)12-5-7-13(8-6-12)16(2,3)4/h5-9H,10H2,1-4H3. The third-order valence-corrected chi connectivity index (χ3v) is 5.14. The lowest BCUT2D eigenvalue weighted by atomic mass is 9.86. The van der Waals surface area contributed by atoms with E-state index in [2.05, 4.69) is 25.8 Å². The van der Waals surface area contributed by atoms with Gasteiger partial charge in [-0.25, -0.2) is 4.98 Å². The first-order chi connectivity index (χ1) is 9.36. The average Bonchev–Trinajstić information content (AvgIpc) is 2.81. The van der Waals surface area contributed by atoms with Gasteiger partial charge < -0.3 is 0 Å². The van der Waals surface area contributed by atoms with Crippen molar-refractivity contribution in [2.24, 2.45) is 0 Å². The molecule has 2 nitrogen and oxygen atoms in total. The number of aryl methyl sites for hydroxylation is 1. The van der Waals surface area contributed by atoms with Gasteiger partial charge in [0, 0.05) is 16.6 Å². The maximum atomic E-state index is 12.1. The second kappa shape index (κ2) is 6.10. The van der Waals surface area contributed by atoms with E-state index in [1.807, 2.05) is 36.6 Å². The summed E-state index contributed by atoms with van der Waals surface area (Å²) in [6, 6.07) is 7.95. The number of thiazole rings is 1. The molecule has 0 fully saturated rings. The maximum absolute atomic E-state index is 12.1. The van der Waals surface area contributed by atoms with E-state index < -0.39 is 0 Å². The highest BCUT2D eigenvalue weighted by atomic mass is 32.2. The number of aromatic nitrogens is 1. The fourth-order valence-corrected chi connectivity index (χ4v) is 3.51. The van der Waals surface area contributed by atoms with Crippen LogP contribution in [0.2, 0.25) is 0 Å². The van der Waals surface area contributed by atoms with Crippen LogP contribution in [-0.4, -0.2) is 16.5 Å². The molecule has 0 unspecified atom stereocenters. The van der Waals surface area contributed by atoms with E-state index >= 15 is 0 Å². The maximum Gasteiger partial charge on any atom is 0.173 e. The average molecular weight is 305 g/mol. The van der Waals surface area contributed by atoms with Crippen LogP contribution in [0.5, 0.6) is 0 Å². The molecule has 1 aromatic heterocycles. The van der Waals surface area contributed by atoms with Crippen molar-refractivity contribution in [3.05, 3.63) is 46.5 Å². The first kappa shape index (κ1) is 15.3. The number of carbonyl (C=O) groups excluding carboxylic acids is 1. The Bertz CT molecular complexity index is 594. The van der Waals surface area contributed by atoms with Crippen LogP contribution in [0.1, 0.15) is 42.4 Å². The lowest BCUT2D eigenvalue weighted by molar-refractivity contribution is 0.102. The van der Waals surface area contributed by atoms with Crippen molar-refractivity contribution in [2.45, 2.75) is 37.4 Å². The fraction of sp³-hybridized carbons (Fsp3) is 0.375. The number of Topliss-reactive ketones (excluding diaryl/α,β-unsaturated/α-hetero) is 1. The molecule has 4 heteroatoms. The van der Waals surface area contributed by atoms with Gasteiger partial charge in [0.1, 0.15) is 0 Å². The predicted molar refractivity (Wildman–Crippen MR) is 87.0 cm³/mol. The van der Waals surface area contributed by atoms with Crippen molar-refractivity contribution < 1.29 is 4.79 Å². The third-order valence-electron chi connectivity index (χ3n) is 3.00. The second-order valence-electron chi connectivity index (χ2n) is 5.79. The summed E-state index contributed by atoms with van der Waals surface area (Å²) < 4.78 is 0.960. The predicted octanol–water partition coefficient (Wildman–Crippen LogP) is 4.72. The Morgan fingerprint density at radius 2 is 1.90 bits per heavy atom. The Hall–Kier alpha value is -1.13. The zero-order valence-electron chi connectivity index (χ0n) is 12.3. The molecule has 0 bridgehead atoms. The summed E-state index contributed by atoms with van der Waals surface area (Å²) in [4.78, 5) is 16.5. The molecule has 20 heavy (non-hydrogen) atoms. The number of carbonyl (C=O) groups is 1. The molecule has 106 valence electrons. The van der Waals surface area contributed by atoms with Crippen LogP contribution >= 0.6 is 23.1 Å². The summed E-state index contributed by atoms with van der Waals surface area (Å²) in [5.74, 6) is 0.602. The topological polar surface area (TPSA) is 30.0 Å². The van der Waals surface area contributed by atoms with Crippen LogP contribution in [0.3, 0.4) is 0 Å². The van der Waals surface area contributed by atoms with Crippen LogP contribution in [0.25, 0.3) is 0 Å². The molecule has 0 atom stereocenters. The van der Waals surface area contributed by atoms with E-state index in [-0.39, 0.29) is 11.2 Å². The summed E-state index contributed by atoms with van der Waals surface area (Å²) in [5, 5.41) is 2.00. The van der Waals surface area contributed by atoms with Gasteiger partial charge in [0.2, 0.25) is 0 Å². The molecule has 0 saturated carbocycles. The van der Waals surface area contributed by atoms with Gasteiger partial charge >= 0.3 is 0 Å². The normalized spacial score (nSPS) is 11.6. The molecule has 0 N–H and O–H groups in total. The molecule has 1 aromatic carbocycles. The molecule has 0 aliphatic carbocycles. The molecule has 0 radical (unpaired) electrons. The number of ketones is 1. The number of nitrogens with zero attached hydrogens (tertiary/aromatic N) is 1. The van der Waals surface area contributed by atoms with E-state index in [0.29, 0.717) is 5.75 Å². The highest BCUT2D eigenvalue weighted by molar-refractivity contribution is 8.01. The first-order valence-corrected chi connectivity index (χ1v) is 8.41. The Balaban J connectivity index is 1.99. The zero-order chi connectivity index (χ0) is 14.8. The fourth-order valence-electron chi connectivity index (χ4n) is 1.77. The van der Waals surface area contributed by atoms with Gasteiger partial charge in [0.15, 0.2) is 10.1 Å². The van der Waals surface area contributed by atoms with Crippen LogP contribution in [0.15, 0.2) is 34.0 Å². The van der Waals surface area contributed by atoms with E-state index in [4.69, 9.17) is 0 Å². The van der Waals surface area contributed by atoms with E-state index in [1.54, 1.807) is 11.3 Å². The zero-order valence-corrected chi connectivity index (χ0v) is 13.9. The Morgan fingerprint density at radius 1 is 1.25 bits per heavy atom. The summed E-state index contributed by atoms with van der Waals surface area (Å²) >= 11 is 3.10. The molecule has 2 rings (SSSR count). The summed E-state index contributed by atoms with van der Waals surface area (Å²) in [6.07, 6.45) is 0. The van der Waals surface area contributed by atoms with Gasteiger partial charge in [-0.2, -0.15) is 0 Å². The minimum absolute atomic E-state index is 0.120. The number of thioether (sulfide) groups is 1. The van der Waals surface area contributed by atoms with Crippen LogP contribution < -0.4 is 0 Å². The highest BCUT2D eigenvalue weighted by Crippen LogP contribution is 2.25. The van der Waals surface area contributed by atoms with Gasteiger partial charge in [-0.3, -0.25) is 4.79 Å². The van der Waals surface area contributed by atoms with Gasteiger partial charge in [0.05, 0.1) is 5.75 Å². The van der Waals surface area contributed by atoms with Gasteiger partial charge in [-0.05, 0) is 17.9 Å². The van der Waals surface area contributed by atoms with Gasteiger partial charge in [-0.1, -0.05) is 56.8 Å². The van der Waals surface area contributed by atoms with E-state index in [1.165, 1.54) is 17.3 Å². The van der Waals surface area contributed by atoms with Crippen molar-refractivity contribution in [2.75, 3.05) is 5.75 Å². The van der Waals surface area contributed by atoms with Crippen molar-refractivity contribution in [3.63, 3.8) is 0 Å². The number of rotatable bonds is 4. The number of hydrogen-bond acceptors (Lipinski definition) is 4. The quantitative estimate of drug-likeness (QED) is 0.604. The lowest BCUT2D eigenvalue weighted by Crippen LogP contribution is -2.11. The SMILES string of the molecule is Cc1csc(SCC(=O)c2ccc(C(C)(C)C)cc2)n1.